The van der Waals surface area contributed by atoms with Gasteiger partial charge in [0.15, 0.2) is 12.0 Å². The van der Waals surface area contributed by atoms with Crippen molar-refractivity contribution in [3.63, 3.8) is 0 Å². The first kappa shape index (κ1) is 13.3. The van der Waals surface area contributed by atoms with Crippen LogP contribution >= 0.6 is 15.9 Å². The van der Waals surface area contributed by atoms with Crippen molar-refractivity contribution in [2.75, 3.05) is 13.6 Å². The summed E-state index contributed by atoms with van der Waals surface area (Å²) in [6, 6.07) is 5.93. The summed E-state index contributed by atoms with van der Waals surface area (Å²) in [6.07, 6.45) is 2.34. The minimum atomic E-state index is 0.775. The van der Waals surface area contributed by atoms with Gasteiger partial charge in [-0.3, -0.25) is 0 Å². The van der Waals surface area contributed by atoms with Crippen LogP contribution in [0.5, 0.6) is 0 Å². The van der Waals surface area contributed by atoms with Gasteiger partial charge in [0.1, 0.15) is 21.6 Å². The van der Waals surface area contributed by atoms with Gasteiger partial charge in [-0.25, -0.2) is 9.97 Å². The summed E-state index contributed by atoms with van der Waals surface area (Å²) >= 11 is 3.62. The maximum atomic E-state index is 5.35. The van der Waals surface area contributed by atoms with E-state index in [1.165, 1.54) is 6.39 Å². The number of hydrogen-bond acceptors (Lipinski definition) is 4. The lowest BCUT2D eigenvalue weighted by Crippen LogP contribution is -2.13. The van der Waals surface area contributed by atoms with Crippen LogP contribution in [0.25, 0.3) is 22.4 Å². The molecule has 0 fully saturated rings. The van der Waals surface area contributed by atoms with Crippen LogP contribution in [0.15, 0.2) is 33.6 Å². The molecule has 0 saturated carbocycles. The number of nitrogens with one attached hydrogen (secondary N) is 1. The van der Waals surface area contributed by atoms with Gasteiger partial charge in [0.25, 0.3) is 0 Å². The van der Waals surface area contributed by atoms with Gasteiger partial charge in [0.2, 0.25) is 0 Å². The molecule has 0 aliphatic heterocycles. The molecule has 0 radical (unpaired) electrons. The minimum absolute atomic E-state index is 0.775. The van der Waals surface area contributed by atoms with Crippen molar-refractivity contribution in [3.8, 4) is 11.3 Å². The predicted molar refractivity (Wildman–Crippen MR) is 81.5 cm³/mol. The highest BCUT2D eigenvalue weighted by molar-refractivity contribution is 9.10. The maximum absolute atomic E-state index is 5.35. The van der Waals surface area contributed by atoms with E-state index < -0.39 is 0 Å². The van der Waals surface area contributed by atoms with Crippen molar-refractivity contribution in [2.24, 2.45) is 7.05 Å². The van der Waals surface area contributed by atoms with Gasteiger partial charge >= 0.3 is 0 Å². The van der Waals surface area contributed by atoms with Crippen LogP contribution in [0.1, 0.15) is 5.82 Å². The average molecular weight is 335 g/mol. The maximum Gasteiger partial charge on any atom is 0.181 e. The molecular weight excluding hydrogens is 320 g/mol. The van der Waals surface area contributed by atoms with E-state index in [1.54, 1.807) is 0 Å². The molecule has 0 saturated heterocycles. The number of halogens is 1. The standard InChI is InChI=1S/C14H15BrN4O/c1-16-6-5-12-18-13(14(15)19(12)2)9-3-4-10-11(7-9)20-8-17-10/h3-4,7-8,16H,5-6H2,1-2H3. The van der Waals surface area contributed by atoms with Crippen LogP contribution in [-0.2, 0) is 13.5 Å². The number of rotatable bonds is 4. The highest BCUT2D eigenvalue weighted by Crippen LogP contribution is 2.30. The zero-order valence-corrected chi connectivity index (χ0v) is 12.9. The minimum Gasteiger partial charge on any atom is -0.443 e. The third kappa shape index (κ3) is 2.25. The van der Waals surface area contributed by atoms with Gasteiger partial charge in [0.05, 0.1) is 0 Å². The van der Waals surface area contributed by atoms with Gasteiger partial charge in [-0.15, -0.1) is 0 Å². The summed E-state index contributed by atoms with van der Waals surface area (Å²) in [5.41, 5.74) is 3.58. The summed E-state index contributed by atoms with van der Waals surface area (Å²) in [5.74, 6) is 1.04. The van der Waals surface area contributed by atoms with Crippen molar-refractivity contribution >= 4 is 27.0 Å². The Kier molecular flexibility index (Phi) is 3.58. The van der Waals surface area contributed by atoms with Crippen molar-refractivity contribution < 1.29 is 4.42 Å². The Morgan fingerprint density at radius 3 is 3.05 bits per heavy atom. The first-order chi connectivity index (χ1) is 9.70. The fourth-order valence-electron chi connectivity index (χ4n) is 2.17. The molecule has 20 heavy (non-hydrogen) atoms. The van der Waals surface area contributed by atoms with Crippen LogP contribution in [0.3, 0.4) is 0 Å². The second-order valence-corrected chi connectivity index (χ2v) is 5.37. The van der Waals surface area contributed by atoms with Crippen LogP contribution in [0.4, 0.5) is 0 Å². The molecule has 1 aromatic carbocycles. The summed E-state index contributed by atoms with van der Waals surface area (Å²) in [4.78, 5) is 8.85. The number of aromatic nitrogens is 3. The second kappa shape index (κ2) is 5.38. The van der Waals surface area contributed by atoms with E-state index in [0.717, 1.165) is 45.8 Å². The van der Waals surface area contributed by atoms with Gasteiger partial charge in [-0.05, 0) is 35.1 Å². The van der Waals surface area contributed by atoms with Gasteiger partial charge in [-0.1, -0.05) is 6.07 Å². The lowest BCUT2D eigenvalue weighted by atomic mass is 10.1. The number of oxazole rings is 1. The molecular formula is C14H15BrN4O. The number of benzene rings is 1. The second-order valence-electron chi connectivity index (χ2n) is 4.61. The Morgan fingerprint density at radius 1 is 1.40 bits per heavy atom. The van der Waals surface area contributed by atoms with E-state index in [-0.39, 0.29) is 0 Å². The Hall–Kier alpha value is -1.66. The normalized spacial score (nSPS) is 11.3. The Balaban J connectivity index is 2.04. The molecule has 0 atom stereocenters. The summed E-state index contributed by atoms with van der Waals surface area (Å²) in [7, 11) is 3.95. The molecule has 1 N–H and O–H groups in total. The Morgan fingerprint density at radius 2 is 2.25 bits per heavy atom. The molecule has 0 unspecified atom stereocenters. The fraction of sp³-hybridized carbons (Fsp3) is 0.286. The molecule has 3 aromatic rings. The van der Waals surface area contributed by atoms with Crippen LogP contribution in [-0.4, -0.2) is 28.1 Å². The molecule has 104 valence electrons. The number of imidazole rings is 1. The predicted octanol–water partition coefficient (Wildman–Crippen LogP) is 2.75. The zero-order valence-electron chi connectivity index (χ0n) is 11.4. The van der Waals surface area contributed by atoms with Crippen molar-refractivity contribution in [1.82, 2.24) is 19.9 Å². The largest absolute Gasteiger partial charge is 0.443 e. The topological polar surface area (TPSA) is 55.9 Å². The molecule has 0 spiro atoms. The van der Waals surface area contributed by atoms with Crippen LogP contribution < -0.4 is 5.32 Å². The molecule has 3 rings (SSSR count). The first-order valence-corrected chi connectivity index (χ1v) is 7.19. The summed E-state index contributed by atoms with van der Waals surface area (Å²) < 4.78 is 8.39. The molecule has 6 heteroatoms. The highest BCUT2D eigenvalue weighted by Gasteiger charge is 2.14. The van der Waals surface area contributed by atoms with Gasteiger partial charge in [-0.2, -0.15) is 0 Å². The van der Waals surface area contributed by atoms with Crippen LogP contribution in [0.2, 0.25) is 0 Å². The molecule has 0 aliphatic carbocycles. The summed E-state index contributed by atoms with van der Waals surface area (Å²) in [6.45, 7) is 0.901. The van der Waals surface area contributed by atoms with Crippen molar-refractivity contribution in [3.05, 3.63) is 35.0 Å². The number of nitrogens with zero attached hydrogens (tertiary/aromatic N) is 3. The number of fused-ring (bicyclic) bond motifs is 1. The molecule has 2 aromatic heterocycles. The Labute approximate surface area is 125 Å². The van der Waals surface area contributed by atoms with Crippen molar-refractivity contribution in [2.45, 2.75) is 6.42 Å². The third-order valence-electron chi connectivity index (χ3n) is 3.32. The molecule has 0 aliphatic rings. The molecule has 5 nitrogen and oxygen atoms in total. The average Bonchev–Trinajstić information content (AvgIpc) is 3.03. The van der Waals surface area contributed by atoms with Crippen molar-refractivity contribution in [1.29, 1.82) is 0 Å². The quantitative estimate of drug-likeness (QED) is 0.797. The van der Waals surface area contributed by atoms with Gasteiger partial charge < -0.3 is 14.3 Å². The lowest BCUT2D eigenvalue weighted by molar-refractivity contribution is 0.602. The van der Waals surface area contributed by atoms with E-state index in [9.17, 15) is 0 Å². The van der Waals surface area contributed by atoms with Gasteiger partial charge in [0, 0.05) is 25.6 Å². The third-order valence-corrected chi connectivity index (χ3v) is 4.23. The van der Waals surface area contributed by atoms with Crippen LogP contribution in [0, 0.1) is 0 Å². The number of likely N-dealkylation sites (N-methyl/N-ethyl adjacent to an activating group) is 1. The van der Waals surface area contributed by atoms with E-state index in [2.05, 4.69) is 30.8 Å². The Bertz CT molecular complexity index is 747. The fourth-order valence-corrected chi connectivity index (χ4v) is 2.69. The molecule has 2 heterocycles. The first-order valence-electron chi connectivity index (χ1n) is 6.40. The summed E-state index contributed by atoms with van der Waals surface area (Å²) in [5, 5.41) is 3.14. The SMILES string of the molecule is CNCCc1nc(-c2ccc3ncoc3c2)c(Br)n1C. The lowest BCUT2D eigenvalue weighted by Gasteiger charge is -2.01. The highest BCUT2D eigenvalue weighted by atomic mass is 79.9. The van der Waals surface area contributed by atoms with E-state index in [0.29, 0.717) is 0 Å². The smallest absolute Gasteiger partial charge is 0.181 e. The van der Waals surface area contributed by atoms with E-state index in [4.69, 9.17) is 9.40 Å². The molecule has 0 bridgehead atoms. The zero-order chi connectivity index (χ0) is 14.1. The molecule has 0 amide bonds. The number of hydrogen-bond donors (Lipinski definition) is 1. The van der Waals surface area contributed by atoms with E-state index in [1.807, 2.05) is 32.3 Å². The monoisotopic (exact) mass is 334 g/mol. The van der Waals surface area contributed by atoms with E-state index >= 15 is 0 Å².